The summed E-state index contributed by atoms with van der Waals surface area (Å²) in [5, 5.41) is 0. The molecule has 0 saturated heterocycles. The van der Waals surface area contributed by atoms with Crippen LogP contribution in [0.15, 0.2) is 41.5 Å². The molecule has 2 heterocycles. The zero-order valence-electron chi connectivity index (χ0n) is 10.2. The first-order valence-electron chi connectivity index (χ1n) is 5.79. The quantitative estimate of drug-likeness (QED) is 0.671. The summed E-state index contributed by atoms with van der Waals surface area (Å²) in [7, 11) is 0. The SMILES string of the molecule is Cc1ccccc1-n1c(CCl)nc2nccn2c1=O. The lowest BCUT2D eigenvalue weighted by Gasteiger charge is -2.12. The van der Waals surface area contributed by atoms with Crippen LogP contribution in [0.3, 0.4) is 0 Å². The lowest BCUT2D eigenvalue weighted by atomic mass is 10.2. The molecule has 0 aliphatic rings. The highest BCUT2D eigenvalue weighted by atomic mass is 35.5. The van der Waals surface area contributed by atoms with Crippen molar-refractivity contribution in [1.82, 2.24) is 18.9 Å². The van der Waals surface area contributed by atoms with Crippen molar-refractivity contribution in [2.45, 2.75) is 12.8 Å². The molecule has 6 heteroatoms. The van der Waals surface area contributed by atoms with Crippen LogP contribution >= 0.6 is 11.6 Å². The number of fused-ring (bicyclic) bond motifs is 1. The van der Waals surface area contributed by atoms with Gasteiger partial charge in [-0.1, -0.05) is 18.2 Å². The van der Waals surface area contributed by atoms with E-state index < -0.39 is 0 Å². The highest BCUT2D eigenvalue weighted by Crippen LogP contribution is 2.14. The minimum Gasteiger partial charge on any atom is -0.248 e. The van der Waals surface area contributed by atoms with Crippen LogP contribution in [-0.2, 0) is 5.88 Å². The molecule has 0 spiro atoms. The minimum atomic E-state index is -0.215. The zero-order chi connectivity index (χ0) is 13.4. The first-order valence-corrected chi connectivity index (χ1v) is 6.33. The Labute approximate surface area is 114 Å². The van der Waals surface area contributed by atoms with Gasteiger partial charge < -0.3 is 0 Å². The number of para-hydroxylation sites is 1. The largest absolute Gasteiger partial charge is 0.341 e. The highest BCUT2D eigenvalue weighted by molar-refractivity contribution is 6.16. The number of halogens is 1. The van der Waals surface area contributed by atoms with Crippen molar-refractivity contribution in [2.75, 3.05) is 0 Å². The van der Waals surface area contributed by atoms with Crippen molar-refractivity contribution in [3.63, 3.8) is 0 Å². The van der Waals surface area contributed by atoms with E-state index in [0.717, 1.165) is 11.3 Å². The summed E-state index contributed by atoms with van der Waals surface area (Å²) in [6.45, 7) is 1.94. The van der Waals surface area contributed by atoms with E-state index in [1.54, 1.807) is 12.4 Å². The lowest BCUT2D eigenvalue weighted by Crippen LogP contribution is -2.29. The van der Waals surface area contributed by atoms with Gasteiger partial charge in [-0.25, -0.2) is 18.7 Å². The van der Waals surface area contributed by atoms with Crippen LogP contribution in [0.2, 0.25) is 0 Å². The van der Waals surface area contributed by atoms with Gasteiger partial charge in [-0.2, -0.15) is 4.98 Å². The Morgan fingerprint density at radius 1 is 1.32 bits per heavy atom. The third-order valence-electron chi connectivity index (χ3n) is 2.98. The second-order valence-electron chi connectivity index (χ2n) is 4.16. The number of benzene rings is 1. The van der Waals surface area contributed by atoms with E-state index in [1.165, 1.54) is 8.97 Å². The first-order chi connectivity index (χ1) is 9.22. The van der Waals surface area contributed by atoms with Gasteiger partial charge in [0.05, 0.1) is 11.6 Å². The number of alkyl halides is 1. The van der Waals surface area contributed by atoms with Crippen molar-refractivity contribution in [3.8, 4) is 5.69 Å². The molecule has 0 saturated carbocycles. The summed E-state index contributed by atoms with van der Waals surface area (Å²) in [6, 6.07) is 7.62. The van der Waals surface area contributed by atoms with Crippen molar-refractivity contribution in [1.29, 1.82) is 0 Å². The Morgan fingerprint density at radius 2 is 2.11 bits per heavy atom. The Balaban J connectivity index is 2.43. The van der Waals surface area contributed by atoms with E-state index in [9.17, 15) is 4.79 Å². The normalized spacial score (nSPS) is 11.1. The molecular weight excluding hydrogens is 264 g/mol. The van der Waals surface area contributed by atoms with Crippen molar-refractivity contribution < 1.29 is 0 Å². The standard InChI is InChI=1S/C13H11ClN4O/c1-9-4-2-3-5-10(9)18-11(8-14)16-12-15-6-7-17(12)13(18)19/h2-7H,8H2,1H3. The van der Waals surface area contributed by atoms with Gasteiger partial charge in [-0.3, -0.25) is 0 Å². The third-order valence-corrected chi connectivity index (χ3v) is 3.22. The van der Waals surface area contributed by atoms with Gasteiger partial charge in [0.2, 0.25) is 5.78 Å². The second-order valence-corrected chi connectivity index (χ2v) is 4.43. The number of hydrogen-bond donors (Lipinski definition) is 0. The second kappa shape index (κ2) is 4.51. The van der Waals surface area contributed by atoms with Crippen LogP contribution in [0.5, 0.6) is 0 Å². The zero-order valence-corrected chi connectivity index (χ0v) is 11.0. The maximum absolute atomic E-state index is 12.5. The molecule has 0 atom stereocenters. The number of aromatic nitrogens is 4. The maximum Gasteiger partial charge on any atom is 0.341 e. The summed E-state index contributed by atoms with van der Waals surface area (Å²) < 4.78 is 2.93. The number of imidazole rings is 1. The van der Waals surface area contributed by atoms with E-state index in [2.05, 4.69) is 9.97 Å². The van der Waals surface area contributed by atoms with Gasteiger partial charge >= 0.3 is 5.69 Å². The fraction of sp³-hybridized carbons (Fsp3) is 0.154. The average Bonchev–Trinajstić information content (AvgIpc) is 2.88. The molecule has 3 aromatic rings. The molecule has 5 nitrogen and oxygen atoms in total. The Bertz CT molecular complexity index is 806. The summed E-state index contributed by atoms with van der Waals surface area (Å²) in [4.78, 5) is 20.8. The monoisotopic (exact) mass is 274 g/mol. The molecular formula is C13H11ClN4O. The molecule has 0 fully saturated rings. The third kappa shape index (κ3) is 1.82. The van der Waals surface area contributed by atoms with Crippen LogP contribution in [0.25, 0.3) is 11.5 Å². The van der Waals surface area contributed by atoms with Crippen LogP contribution in [-0.4, -0.2) is 18.9 Å². The van der Waals surface area contributed by atoms with Gasteiger partial charge in [0, 0.05) is 12.4 Å². The molecule has 0 bridgehead atoms. The number of hydrogen-bond acceptors (Lipinski definition) is 3. The maximum atomic E-state index is 12.5. The number of nitrogens with zero attached hydrogens (tertiary/aromatic N) is 4. The van der Waals surface area contributed by atoms with Crippen molar-refractivity contribution in [2.24, 2.45) is 0 Å². The molecule has 0 amide bonds. The van der Waals surface area contributed by atoms with Gasteiger partial charge in [0.15, 0.2) is 0 Å². The smallest absolute Gasteiger partial charge is 0.248 e. The van der Waals surface area contributed by atoms with E-state index in [4.69, 9.17) is 11.6 Å². The Hall–Kier alpha value is -2.14. The van der Waals surface area contributed by atoms with Gasteiger partial charge in [0.25, 0.3) is 0 Å². The first kappa shape index (κ1) is 11.9. The van der Waals surface area contributed by atoms with E-state index in [-0.39, 0.29) is 11.6 Å². The number of aryl methyl sites for hydroxylation is 1. The highest BCUT2D eigenvalue weighted by Gasteiger charge is 2.13. The predicted molar refractivity (Wildman–Crippen MR) is 72.9 cm³/mol. The van der Waals surface area contributed by atoms with Crippen LogP contribution in [0.4, 0.5) is 0 Å². The average molecular weight is 275 g/mol. The topological polar surface area (TPSA) is 52.2 Å². The summed E-state index contributed by atoms with van der Waals surface area (Å²) in [6.07, 6.45) is 3.14. The molecule has 0 radical (unpaired) electrons. The van der Waals surface area contributed by atoms with Gasteiger partial charge in [-0.15, -0.1) is 11.6 Å². The van der Waals surface area contributed by atoms with E-state index in [0.29, 0.717) is 11.6 Å². The Kier molecular flexibility index (Phi) is 2.83. The molecule has 0 unspecified atom stereocenters. The van der Waals surface area contributed by atoms with Crippen molar-refractivity contribution in [3.05, 3.63) is 58.5 Å². The molecule has 19 heavy (non-hydrogen) atoms. The van der Waals surface area contributed by atoms with E-state index >= 15 is 0 Å². The number of rotatable bonds is 2. The fourth-order valence-electron chi connectivity index (χ4n) is 2.06. The van der Waals surface area contributed by atoms with Crippen LogP contribution < -0.4 is 5.69 Å². The molecule has 0 aliphatic carbocycles. The minimum absolute atomic E-state index is 0.146. The summed E-state index contributed by atoms with van der Waals surface area (Å²) in [5.41, 5.74) is 1.55. The molecule has 96 valence electrons. The summed E-state index contributed by atoms with van der Waals surface area (Å²) in [5.74, 6) is 0.998. The van der Waals surface area contributed by atoms with Crippen LogP contribution in [0, 0.1) is 6.92 Å². The summed E-state index contributed by atoms with van der Waals surface area (Å²) >= 11 is 5.91. The van der Waals surface area contributed by atoms with E-state index in [1.807, 2.05) is 31.2 Å². The molecule has 0 aliphatic heterocycles. The molecule has 0 N–H and O–H groups in total. The van der Waals surface area contributed by atoms with Gasteiger partial charge in [0.1, 0.15) is 5.82 Å². The van der Waals surface area contributed by atoms with Crippen molar-refractivity contribution >= 4 is 17.4 Å². The molecule has 2 aromatic heterocycles. The molecule has 1 aromatic carbocycles. The van der Waals surface area contributed by atoms with Crippen LogP contribution in [0.1, 0.15) is 11.4 Å². The Morgan fingerprint density at radius 3 is 2.84 bits per heavy atom. The fourth-order valence-corrected chi connectivity index (χ4v) is 2.24. The predicted octanol–water partition coefficient (Wildman–Crippen LogP) is 1.93. The lowest BCUT2D eigenvalue weighted by molar-refractivity contribution is 0.783. The van der Waals surface area contributed by atoms with Gasteiger partial charge in [-0.05, 0) is 18.6 Å². The molecule has 3 rings (SSSR count).